The Hall–Kier alpha value is -0.430. The smallest absolute Gasteiger partial charge is 0.243 e. The Labute approximate surface area is 109 Å². The molecule has 4 nitrogen and oxygen atoms in total. The molecule has 0 aromatic heterocycles. The first-order chi connectivity index (χ1) is 8.00. The molecule has 1 aliphatic rings. The summed E-state index contributed by atoms with van der Waals surface area (Å²) in [6.07, 6.45) is 0.643. The fraction of sp³-hybridized carbons (Fsp3) is 0.455. The molecule has 1 N–H and O–H groups in total. The van der Waals surface area contributed by atoms with E-state index in [1.165, 1.54) is 4.31 Å². The normalized spacial score (nSPS) is 19.4. The summed E-state index contributed by atoms with van der Waals surface area (Å²) < 4.78 is 26.7. The van der Waals surface area contributed by atoms with Crippen molar-refractivity contribution in [2.24, 2.45) is 0 Å². The quantitative estimate of drug-likeness (QED) is 0.900. The summed E-state index contributed by atoms with van der Waals surface area (Å²) >= 11 is 3.27. The highest BCUT2D eigenvalue weighted by Gasteiger charge is 2.28. The zero-order chi connectivity index (χ0) is 12.5. The summed E-state index contributed by atoms with van der Waals surface area (Å²) in [5.74, 6) is 0. The van der Waals surface area contributed by atoms with Gasteiger partial charge in [-0.15, -0.1) is 0 Å². The molecule has 6 heteroatoms. The fourth-order valence-electron chi connectivity index (χ4n) is 1.86. The standard InChI is InChI=1S/C11H14BrNO3S/c12-9-2-1-3-11(8-9)17(15,16)13-6-4-10(14)5-7-13/h1-3,8,10,14H,4-7H2. The second kappa shape index (κ2) is 5.06. The number of benzene rings is 1. The van der Waals surface area contributed by atoms with Crippen molar-refractivity contribution in [1.29, 1.82) is 0 Å². The summed E-state index contributed by atoms with van der Waals surface area (Å²) in [6, 6.07) is 6.68. The predicted octanol–water partition coefficient (Wildman–Crippen LogP) is 1.59. The van der Waals surface area contributed by atoms with E-state index in [1.54, 1.807) is 24.3 Å². The Balaban J connectivity index is 2.25. The summed E-state index contributed by atoms with van der Waals surface area (Å²) in [6.45, 7) is 0.770. The second-order valence-electron chi connectivity index (χ2n) is 4.09. The number of hydrogen-bond donors (Lipinski definition) is 1. The third kappa shape index (κ3) is 2.88. The van der Waals surface area contributed by atoms with Crippen LogP contribution in [0.1, 0.15) is 12.8 Å². The number of hydrogen-bond acceptors (Lipinski definition) is 3. The summed E-state index contributed by atoms with van der Waals surface area (Å²) in [5, 5.41) is 9.38. The van der Waals surface area contributed by atoms with Crippen LogP contribution < -0.4 is 0 Å². The van der Waals surface area contributed by atoms with Gasteiger partial charge in [0, 0.05) is 17.6 Å². The van der Waals surface area contributed by atoms with E-state index in [1.807, 2.05) is 0 Å². The van der Waals surface area contributed by atoms with Crippen molar-refractivity contribution in [3.63, 3.8) is 0 Å². The molecule has 0 bridgehead atoms. The summed E-state index contributed by atoms with van der Waals surface area (Å²) in [5.41, 5.74) is 0. The molecule has 94 valence electrons. The number of sulfonamides is 1. The van der Waals surface area contributed by atoms with Gasteiger partial charge in [0.25, 0.3) is 0 Å². The van der Waals surface area contributed by atoms with Gasteiger partial charge in [-0.3, -0.25) is 0 Å². The van der Waals surface area contributed by atoms with Crippen molar-refractivity contribution in [3.8, 4) is 0 Å². The van der Waals surface area contributed by atoms with Gasteiger partial charge in [-0.05, 0) is 31.0 Å². The Kier molecular flexibility index (Phi) is 3.87. The molecule has 2 rings (SSSR count). The Morgan fingerprint density at radius 3 is 2.53 bits per heavy atom. The Morgan fingerprint density at radius 2 is 1.94 bits per heavy atom. The largest absolute Gasteiger partial charge is 0.393 e. The molecule has 1 heterocycles. The molecule has 0 radical (unpaired) electrons. The van der Waals surface area contributed by atoms with Crippen LogP contribution in [0.4, 0.5) is 0 Å². The second-order valence-corrected chi connectivity index (χ2v) is 6.95. The van der Waals surface area contributed by atoms with Crippen molar-refractivity contribution >= 4 is 26.0 Å². The van der Waals surface area contributed by atoms with Crippen LogP contribution in [-0.4, -0.2) is 37.0 Å². The maximum atomic E-state index is 12.3. The van der Waals surface area contributed by atoms with Gasteiger partial charge in [0.1, 0.15) is 0 Å². The molecular weight excluding hydrogens is 306 g/mol. The number of aliphatic hydroxyl groups is 1. The molecular formula is C11H14BrNO3S. The van der Waals surface area contributed by atoms with Gasteiger partial charge >= 0.3 is 0 Å². The van der Waals surface area contributed by atoms with Crippen molar-refractivity contribution in [1.82, 2.24) is 4.31 Å². The lowest BCUT2D eigenvalue weighted by Gasteiger charge is -2.28. The minimum atomic E-state index is -3.42. The van der Waals surface area contributed by atoms with Gasteiger partial charge in [-0.2, -0.15) is 4.31 Å². The first kappa shape index (κ1) is 13.0. The highest BCUT2D eigenvalue weighted by Crippen LogP contribution is 2.22. The molecule has 1 aromatic rings. The van der Waals surface area contributed by atoms with Gasteiger partial charge in [-0.1, -0.05) is 22.0 Å². The van der Waals surface area contributed by atoms with Crippen LogP contribution in [0.15, 0.2) is 33.6 Å². The topological polar surface area (TPSA) is 57.6 Å². The van der Waals surface area contributed by atoms with E-state index in [-0.39, 0.29) is 6.10 Å². The number of aliphatic hydroxyl groups excluding tert-OH is 1. The minimum absolute atomic E-state index is 0.295. The van der Waals surface area contributed by atoms with Crippen LogP contribution >= 0.6 is 15.9 Å². The molecule has 1 aliphatic heterocycles. The molecule has 0 amide bonds. The highest BCUT2D eigenvalue weighted by molar-refractivity contribution is 9.10. The lowest BCUT2D eigenvalue weighted by atomic mass is 10.1. The van der Waals surface area contributed by atoms with Crippen LogP contribution in [0.25, 0.3) is 0 Å². The van der Waals surface area contributed by atoms with E-state index in [2.05, 4.69) is 15.9 Å². The molecule has 1 aromatic carbocycles. The lowest BCUT2D eigenvalue weighted by Crippen LogP contribution is -2.39. The average Bonchev–Trinajstić information content (AvgIpc) is 2.29. The molecule has 0 aliphatic carbocycles. The highest BCUT2D eigenvalue weighted by atomic mass is 79.9. The molecule has 0 spiro atoms. The van der Waals surface area contributed by atoms with Crippen LogP contribution in [0.2, 0.25) is 0 Å². The first-order valence-electron chi connectivity index (χ1n) is 5.44. The number of halogens is 1. The number of nitrogens with zero attached hydrogens (tertiary/aromatic N) is 1. The monoisotopic (exact) mass is 319 g/mol. The third-order valence-electron chi connectivity index (χ3n) is 2.86. The van der Waals surface area contributed by atoms with E-state index >= 15 is 0 Å². The minimum Gasteiger partial charge on any atom is -0.393 e. The molecule has 17 heavy (non-hydrogen) atoms. The van der Waals surface area contributed by atoms with Crippen molar-refractivity contribution in [2.75, 3.05) is 13.1 Å². The van der Waals surface area contributed by atoms with E-state index in [4.69, 9.17) is 0 Å². The zero-order valence-corrected chi connectivity index (χ0v) is 11.6. The summed E-state index contributed by atoms with van der Waals surface area (Å²) in [7, 11) is -3.42. The van der Waals surface area contributed by atoms with E-state index in [0.29, 0.717) is 30.8 Å². The fourth-order valence-corrected chi connectivity index (χ4v) is 3.93. The number of piperidine rings is 1. The van der Waals surface area contributed by atoms with Gasteiger partial charge in [0.15, 0.2) is 0 Å². The van der Waals surface area contributed by atoms with Gasteiger partial charge in [-0.25, -0.2) is 8.42 Å². The average molecular weight is 320 g/mol. The molecule has 0 saturated carbocycles. The Morgan fingerprint density at radius 1 is 1.29 bits per heavy atom. The predicted molar refractivity (Wildman–Crippen MR) is 68.1 cm³/mol. The maximum Gasteiger partial charge on any atom is 0.243 e. The number of rotatable bonds is 2. The molecule has 1 saturated heterocycles. The van der Waals surface area contributed by atoms with Crippen LogP contribution in [0.3, 0.4) is 0 Å². The summed E-state index contributed by atoms with van der Waals surface area (Å²) in [4.78, 5) is 0.295. The van der Waals surface area contributed by atoms with Gasteiger partial charge in [0.05, 0.1) is 11.0 Å². The third-order valence-corrected chi connectivity index (χ3v) is 5.25. The van der Waals surface area contributed by atoms with E-state index < -0.39 is 10.0 Å². The van der Waals surface area contributed by atoms with Crippen molar-refractivity contribution < 1.29 is 13.5 Å². The van der Waals surface area contributed by atoms with Crippen LogP contribution in [0, 0.1) is 0 Å². The van der Waals surface area contributed by atoms with E-state index in [9.17, 15) is 13.5 Å². The molecule has 0 atom stereocenters. The van der Waals surface area contributed by atoms with Crippen molar-refractivity contribution in [2.45, 2.75) is 23.8 Å². The van der Waals surface area contributed by atoms with Crippen LogP contribution in [-0.2, 0) is 10.0 Å². The SMILES string of the molecule is O=S(=O)(c1cccc(Br)c1)N1CCC(O)CC1. The molecule has 0 unspecified atom stereocenters. The Bertz CT molecular complexity index is 495. The zero-order valence-electron chi connectivity index (χ0n) is 9.21. The lowest BCUT2D eigenvalue weighted by molar-refractivity contribution is 0.113. The van der Waals surface area contributed by atoms with E-state index in [0.717, 1.165) is 4.47 Å². The van der Waals surface area contributed by atoms with Crippen LogP contribution in [0.5, 0.6) is 0 Å². The van der Waals surface area contributed by atoms with Crippen molar-refractivity contribution in [3.05, 3.63) is 28.7 Å². The maximum absolute atomic E-state index is 12.3. The van der Waals surface area contributed by atoms with Gasteiger partial charge < -0.3 is 5.11 Å². The van der Waals surface area contributed by atoms with Gasteiger partial charge in [0.2, 0.25) is 10.0 Å². The molecule has 1 fully saturated rings. The first-order valence-corrected chi connectivity index (χ1v) is 7.67.